The van der Waals surface area contributed by atoms with E-state index in [1.165, 1.54) is 11.1 Å². The number of aliphatic hydroxyl groups excluding tert-OH is 1. The zero-order chi connectivity index (χ0) is 14.8. The van der Waals surface area contributed by atoms with Crippen molar-refractivity contribution in [1.29, 1.82) is 0 Å². The topological polar surface area (TPSA) is 40.5 Å². The number of carbonyl (C=O) groups excluding carboxylic acids is 1. The summed E-state index contributed by atoms with van der Waals surface area (Å²) in [6, 6.07) is 8.92. The number of amides is 1. The van der Waals surface area contributed by atoms with E-state index in [9.17, 15) is 9.90 Å². The minimum absolute atomic E-state index is 0.149. The van der Waals surface area contributed by atoms with Crippen LogP contribution >= 0.6 is 0 Å². The first-order chi connectivity index (χ1) is 10.1. The van der Waals surface area contributed by atoms with Gasteiger partial charge < -0.3 is 10.0 Å². The van der Waals surface area contributed by atoms with Crippen molar-refractivity contribution in [1.82, 2.24) is 4.90 Å². The Morgan fingerprint density at radius 3 is 2.62 bits per heavy atom. The molecule has 1 N–H and O–H groups in total. The van der Waals surface area contributed by atoms with Crippen LogP contribution in [0.4, 0.5) is 0 Å². The molecule has 0 radical (unpaired) electrons. The molecule has 21 heavy (non-hydrogen) atoms. The Labute approximate surface area is 127 Å². The van der Waals surface area contributed by atoms with Gasteiger partial charge in [-0.3, -0.25) is 4.79 Å². The molecule has 0 bridgehead atoms. The van der Waals surface area contributed by atoms with Crippen molar-refractivity contribution in [2.24, 2.45) is 5.92 Å². The Morgan fingerprint density at radius 1 is 1.19 bits per heavy atom. The number of hydrogen-bond acceptors (Lipinski definition) is 2. The maximum atomic E-state index is 12.7. The highest BCUT2D eigenvalue weighted by molar-refractivity contribution is 5.80. The van der Waals surface area contributed by atoms with Gasteiger partial charge in [0.05, 0.1) is 12.0 Å². The summed E-state index contributed by atoms with van der Waals surface area (Å²) in [7, 11) is 0. The van der Waals surface area contributed by atoms with E-state index in [1.54, 1.807) is 0 Å². The summed E-state index contributed by atoms with van der Waals surface area (Å²) in [4.78, 5) is 14.7. The van der Waals surface area contributed by atoms with E-state index in [0.717, 1.165) is 45.1 Å². The number of rotatable bonds is 3. The van der Waals surface area contributed by atoms with Gasteiger partial charge >= 0.3 is 0 Å². The Kier molecular flexibility index (Phi) is 4.29. The molecule has 2 aliphatic rings. The van der Waals surface area contributed by atoms with E-state index in [0.29, 0.717) is 6.04 Å². The quantitative estimate of drug-likeness (QED) is 0.928. The van der Waals surface area contributed by atoms with E-state index in [1.807, 2.05) is 4.90 Å². The lowest BCUT2D eigenvalue weighted by atomic mass is 10.00. The predicted octanol–water partition coefficient (Wildman–Crippen LogP) is 2.69. The highest BCUT2D eigenvalue weighted by Crippen LogP contribution is 2.31. The number of nitrogens with zero attached hydrogens (tertiary/aromatic N) is 1. The lowest BCUT2D eigenvalue weighted by Gasteiger charge is -2.28. The lowest BCUT2D eigenvalue weighted by Crippen LogP contribution is -2.42. The number of aliphatic hydroxyl groups is 1. The van der Waals surface area contributed by atoms with Crippen molar-refractivity contribution >= 4 is 5.91 Å². The molecule has 2 fully saturated rings. The third kappa shape index (κ3) is 3.13. The van der Waals surface area contributed by atoms with Gasteiger partial charge in [0.25, 0.3) is 0 Å². The summed E-state index contributed by atoms with van der Waals surface area (Å²) >= 11 is 0. The second-order valence-electron chi connectivity index (χ2n) is 6.62. The molecule has 1 aliphatic heterocycles. The fourth-order valence-electron chi connectivity index (χ4n) is 3.78. The van der Waals surface area contributed by atoms with Gasteiger partial charge in [-0.1, -0.05) is 29.8 Å². The normalized spacial score (nSPS) is 29.0. The van der Waals surface area contributed by atoms with E-state index in [4.69, 9.17) is 0 Å². The summed E-state index contributed by atoms with van der Waals surface area (Å²) in [6.45, 7) is 2.95. The van der Waals surface area contributed by atoms with Crippen LogP contribution < -0.4 is 0 Å². The first-order valence-electron chi connectivity index (χ1n) is 8.19. The van der Waals surface area contributed by atoms with Crippen molar-refractivity contribution in [2.75, 3.05) is 6.54 Å². The molecule has 1 aromatic rings. The first-order valence-corrected chi connectivity index (χ1v) is 8.19. The second kappa shape index (κ2) is 6.18. The molecule has 3 rings (SSSR count). The van der Waals surface area contributed by atoms with Crippen LogP contribution in [0.1, 0.15) is 43.2 Å². The Morgan fingerprint density at radius 2 is 1.95 bits per heavy atom. The van der Waals surface area contributed by atoms with Gasteiger partial charge in [0.1, 0.15) is 0 Å². The van der Waals surface area contributed by atoms with Crippen LogP contribution in [0.2, 0.25) is 0 Å². The Hall–Kier alpha value is -1.35. The summed E-state index contributed by atoms with van der Waals surface area (Å²) in [6.07, 6.45) is 5.31. The molecule has 3 unspecified atom stereocenters. The van der Waals surface area contributed by atoms with Gasteiger partial charge in [0, 0.05) is 12.6 Å². The molecular formula is C18H25NO2. The Balaban J connectivity index is 1.67. The van der Waals surface area contributed by atoms with Crippen LogP contribution in [0.3, 0.4) is 0 Å². The van der Waals surface area contributed by atoms with Crippen LogP contribution in [0.15, 0.2) is 24.3 Å². The van der Waals surface area contributed by atoms with Crippen LogP contribution in [0, 0.1) is 12.8 Å². The summed E-state index contributed by atoms with van der Waals surface area (Å²) in [5.74, 6) is 0.0400. The standard InChI is InChI=1S/C18H25NO2/c1-13-7-9-14(10-8-13)12-15-4-3-11-19(15)18(21)16-5-2-6-17(16)20/h7-10,15-17,20H,2-6,11-12H2,1H3. The largest absolute Gasteiger partial charge is 0.392 e. The monoisotopic (exact) mass is 287 g/mol. The number of hydrogen-bond donors (Lipinski definition) is 1. The lowest BCUT2D eigenvalue weighted by molar-refractivity contribution is -0.139. The number of likely N-dealkylation sites (tertiary alicyclic amines) is 1. The molecule has 1 saturated carbocycles. The van der Waals surface area contributed by atoms with Crippen molar-refractivity contribution in [3.63, 3.8) is 0 Å². The van der Waals surface area contributed by atoms with E-state index < -0.39 is 6.10 Å². The van der Waals surface area contributed by atoms with E-state index in [2.05, 4.69) is 31.2 Å². The molecule has 1 aliphatic carbocycles. The van der Waals surface area contributed by atoms with Crippen LogP contribution in [0.5, 0.6) is 0 Å². The molecule has 1 aromatic carbocycles. The maximum absolute atomic E-state index is 12.7. The second-order valence-corrected chi connectivity index (χ2v) is 6.62. The van der Waals surface area contributed by atoms with Gasteiger partial charge in [-0.2, -0.15) is 0 Å². The highest BCUT2D eigenvalue weighted by atomic mass is 16.3. The molecule has 0 aromatic heterocycles. The molecule has 3 nitrogen and oxygen atoms in total. The molecule has 1 amide bonds. The molecule has 114 valence electrons. The minimum atomic E-state index is -0.418. The highest BCUT2D eigenvalue weighted by Gasteiger charge is 2.38. The maximum Gasteiger partial charge on any atom is 0.228 e. The van der Waals surface area contributed by atoms with Gasteiger partial charge in [-0.15, -0.1) is 0 Å². The fraction of sp³-hybridized carbons (Fsp3) is 0.611. The molecular weight excluding hydrogens is 262 g/mol. The molecule has 1 heterocycles. The van der Waals surface area contributed by atoms with Crippen LogP contribution in [-0.4, -0.2) is 34.6 Å². The van der Waals surface area contributed by atoms with Crippen LogP contribution in [-0.2, 0) is 11.2 Å². The zero-order valence-electron chi connectivity index (χ0n) is 12.8. The number of benzene rings is 1. The van der Waals surface area contributed by atoms with Crippen molar-refractivity contribution < 1.29 is 9.90 Å². The van der Waals surface area contributed by atoms with Crippen molar-refractivity contribution in [3.05, 3.63) is 35.4 Å². The average molecular weight is 287 g/mol. The van der Waals surface area contributed by atoms with Gasteiger partial charge in [0.2, 0.25) is 5.91 Å². The minimum Gasteiger partial charge on any atom is -0.392 e. The molecule has 0 spiro atoms. The molecule has 1 saturated heterocycles. The summed E-state index contributed by atoms with van der Waals surface area (Å²) in [5.41, 5.74) is 2.57. The van der Waals surface area contributed by atoms with Gasteiger partial charge in [-0.05, 0) is 51.0 Å². The summed E-state index contributed by atoms with van der Waals surface area (Å²) in [5, 5.41) is 9.98. The first kappa shape index (κ1) is 14.6. The average Bonchev–Trinajstić information content (AvgIpc) is 3.10. The molecule has 3 heteroatoms. The Bertz CT molecular complexity index is 496. The van der Waals surface area contributed by atoms with E-state index >= 15 is 0 Å². The van der Waals surface area contributed by atoms with E-state index in [-0.39, 0.29) is 11.8 Å². The number of carbonyl (C=O) groups is 1. The predicted molar refractivity (Wildman–Crippen MR) is 83.0 cm³/mol. The van der Waals surface area contributed by atoms with Gasteiger partial charge in [-0.25, -0.2) is 0 Å². The third-order valence-corrected chi connectivity index (χ3v) is 5.05. The third-order valence-electron chi connectivity index (χ3n) is 5.05. The SMILES string of the molecule is Cc1ccc(CC2CCCN2C(=O)C2CCCC2O)cc1. The molecule has 3 atom stereocenters. The van der Waals surface area contributed by atoms with Crippen molar-refractivity contribution in [3.8, 4) is 0 Å². The van der Waals surface area contributed by atoms with Crippen LogP contribution in [0.25, 0.3) is 0 Å². The number of aryl methyl sites for hydroxylation is 1. The van der Waals surface area contributed by atoms with Crippen molar-refractivity contribution in [2.45, 2.75) is 57.6 Å². The summed E-state index contributed by atoms with van der Waals surface area (Å²) < 4.78 is 0. The zero-order valence-corrected chi connectivity index (χ0v) is 12.8. The van der Waals surface area contributed by atoms with Gasteiger partial charge in [0.15, 0.2) is 0 Å². The fourth-order valence-corrected chi connectivity index (χ4v) is 3.78. The smallest absolute Gasteiger partial charge is 0.228 e.